The second-order valence-corrected chi connectivity index (χ2v) is 8.70. The summed E-state index contributed by atoms with van der Waals surface area (Å²) in [6, 6.07) is 10.9. The highest BCUT2D eigenvalue weighted by molar-refractivity contribution is 5.59. The Morgan fingerprint density at radius 2 is 1.94 bits per heavy atom. The molecule has 2 atom stereocenters. The Hall–Kier alpha value is -3.15. The molecule has 2 unspecified atom stereocenters. The van der Waals surface area contributed by atoms with Crippen molar-refractivity contribution in [1.29, 1.82) is 0 Å². The van der Waals surface area contributed by atoms with Gasteiger partial charge in [0.2, 0.25) is 11.8 Å². The molecule has 2 aromatic carbocycles. The average molecular weight is 510 g/mol. The van der Waals surface area contributed by atoms with Crippen LogP contribution in [0.5, 0.6) is 5.75 Å². The van der Waals surface area contributed by atoms with Gasteiger partial charge in [-0.15, -0.1) is 0 Å². The first-order valence-corrected chi connectivity index (χ1v) is 11.4. The van der Waals surface area contributed by atoms with Crippen LogP contribution >= 0.6 is 0 Å². The third kappa shape index (κ3) is 5.18. The molecule has 3 N–H and O–H groups in total. The molecule has 1 aromatic heterocycles. The summed E-state index contributed by atoms with van der Waals surface area (Å²) in [5.74, 6) is -2.22. The number of nitrogens with zero attached hydrogens (tertiary/aromatic N) is 2. The molecule has 0 radical (unpaired) electrons. The van der Waals surface area contributed by atoms with E-state index in [0.717, 1.165) is 17.7 Å². The predicted molar refractivity (Wildman–Crippen MR) is 124 cm³/mol. The molecule has 7 nitrogen and oxygen atoms in total. The van der Waals surface area contributed by atoms with Crippen molar-refractivity contribution in [2.45, 2.75) is 44.1 Å². The van der Waals surface area contributed by atoms with Gasteiger partial charge in [0.15, 0.2) is 11.6 Å². The number of ether oxygens (including phenoxy) is 1. The molecule has 36 heavy (non-hydrogen) atoms. The summed E-state index contributed by atoms with van der Waals surface area (Å²) < 4.78 is 66.9. The fraction of sp³-hybridized carbons (Fsp3) is 0.400. The third-order valence-corrected chi connectivity index (χ3v) is 6.40. The van der Waals surface area contributed by atoms with Gasteiger partial charge in [0, 0.05) is 25.7 Å². The zero-order chi connectivity index (χ0) is 25.9. The molecule has 1 aliphatic heterocycles. The van der Waals surface area contributed by atoms with Crippen LogP contribution in [-0.2, 0) is 13.2 Å². The zero-order valence-electron chi connectivity index (χ0n) is 19.6. The lowest BCUT2D eigenvalue weighted by Gasteiger charge is -2.46. The van der Waals surface area contributed by atoms with Crippen molar-refractivity contribution < 1.29 is 36.9 Å². The van der Waals surface area contributed by atoms with Crippen molar-refractivity contribution in [2.24, 2.45) is 0 Å². The number of hydrogen-bond acceptors (Lipinski definition) is 7. The molecular formula is C25H27F4N3O4. The van der Waals surface area contributed by atoms with Crippen LogP contribution in [0, 0.1) is 11.6 Å². The van der Waals surface area contributed by atoms with Crippen molar-refractivity contribution in [1.82, 2.24) is 10.3 Å². The molecule has 0 spiro atoms. The summed E-state index contributed by atoms with van der Waals surface area (Å²) in [6.45, 7) is -0.0843. The van der Waals surface area contributed by atoms with Gasteiger partial charge < -0.3 is 29.6 Å². The average Bonchev–Trinajstić information content (AvgIpc) is 3.33. The fourth-order valence-electron chi connectivity index (χ4n) is 4.52. The zero-order valence-corrected chi connectivity index (χ0v) is 19.6. The van der Waals surface area contributed by atoms with E-state index in [-0.39, 0.29) is 48.3 Å². The first-order valence-electron chi connectivity index (χ1n) is 11.4. The van der Waals surface area contributed by atoms with Crippen LogP contribution in [0.2, 0.25) is 0 Å². The summed E-state index contributed by atoms with van der Waals surface area (Å²) in [6.07, 6.45) is -4.32. The Bertz CT molecular complexity index is 1180. The molecule has 1 saturated heterocycles. The molecule has 194 valence electrons. The molecule has 4 rings (SSSR count). The smallest absolute Gasteiger partial charge is 0.265 e. The van der Waals surface area contributed by atoms with E-state index >= 15 is 0 Å². The van der Waals surface area contributed by atoms with E-state index in [4.69, 9.17) is 9.15 Å². The summed E-state index contributed by atoms with van der Waals surface area (Å²) in [7, 11) is 1.20. The number of aromatic nitrogens is 1. The van der Waals surface area contributed by atoms with E-state index in [1.165, 1.54) is 7.11 Å². The lowest BCUT2D eigenvalue weighted by molar-refractivity contribution is -0.0660. The van der Waals surface area contributed by atoms with Crippen molar-refractivity contribution in [3.05, 3.63) is 65.4 Å². The normalized spacial score (nSPS) is 19.1. The molecule has 3 aromatic rings. The van der Waals surface area contributed by atoms with E-state index in [1.807, 2.05) is 30.3 Å². The second-order valence-electron chi connectivity index (χ2n) is 8.70. The van der Waals surface area contributed by atoms with Crippen molar-refractivity contribution >= 4 is 5.88 Å². The van der Waals surface area contributed by atoms with Gasteiger partial charge in [0.05, 0.1) is 24.8 Å². The van der Waals surface area contributed by atoms with E-state index in [1.54, 1.807) is 4.90 Å². The van der Waals surface area contributed by atoms with Gasteiger partial charge in [-0.25, -0.2) is 22.5 Å². The van der Waals surface area contributed by atoms with E-state index < -0.39 is 36.3 Å². The molecule has 11 heteroatoms. The third-order valence-electron chi connectivity index (χ3n) is 6.40. The number of alkyl halides is 2. The number of benzene rings is 2. The van der Waals surface area contributed by atoms with Crippen molar-refractivity contribution in [3.8, 4) is 17.2 Å². The number of methoxy groups -OCH3 is 1. The number of aliphatic hydroxyl groups excluding tert-OH is 2. The molecule has 1 aliphatic rings. The van der Waals surface area contributed by atoms with Crippen molar-refractivity contribution in [2.75, 3.05) is 25.1 Å². The molecule has 0 aliphatic carbocycles. The molecule has 0 bridgehead atoms. The van der Waals surface area contributed by atoms with E-state index in [9.17, 15) is 27.8 Å². The van der Waals surface area contributed by atoms with Crippen LogP contribution in [0.25, 0.3) is 11.5 Å². The number of piperidine rings is 1. The topological polar surface area (TPSA) is 91.0 Å². The minimum atomic E-state index is -3.01. The highest BCUT2D eigenvalue weighted by Gasteiger charge is 2.46. The van der Waals surface area contributed by atoms with Crippen LogP contribution in [0.15, 0.2) is 46.9 Å². The Morgan fingerprint density at radius 3 is 2.61 bits per heavy atom. The number of hydrogen-bond donors (Lipinski definition) is 3. The molecule has 2 heterocycles. The van der Waals surface area contributed by atoms with Gasteiger partial charge in [0.1, 0.15) is 17.6 Å². The van der Waals surface area contributed by atoms with Crippen LogP contribution < -0.4 is 15.0 Å². The molecule has 0 amide bonds. The Balaban J connectivity index is 1.66. The minimum absolute atomic E-state index is 0.0334. The van der Waals surface area contributed by atoms with Crippen molar-refractivity contribution in [3.63, 3.8) is 0 Å². The van der Waals surface area contributed by atoms with Crippen LogP contribution in [0.1, 0.15) is 24.1 Å². The lowest BCUT2D eigenvalue weighted by atomic mass is 9.83. The lowest BCUT2D eigenvalue weighted by Crippen LogP contribution is -2.65. The maximum atomic E-state index is 14.6. The van der Waals surface area contributed by atoms with E-state index in [2.05, 4.69) is 10.3 Å². The molecule has 1 fully saturated rings. The number of nitrogens with one attached hydrogen (secondary N) is 1. The van der Waals surface area contributed by atoms with Gasteiger partial charge in [-0.1, -0.05) is 30.3 Å². The molecule has 0 saturated carbocycles. The van der Waals surface area contributed by atoms with Crippen LogP contribution in [0.3, 0.4) is 0 Å². The summed E-state index contributed by atoms with van der Waals surface area (Å²) >= 11 is 0. The number of aliphatic hydroxyl groups is 2. The Labute approximate surface area is 205 Å². The van der Waals surface area contributed by atoms with Gasteiger partial charge in [-0.3, -0.25) is 0 Å². The predicted octanol–water partition coefficient (Wildman–Crippen LogP) is 3.88. The SMILES string of the molecule is COc1cc(F)c(-c2nc(CO)c(N3CCCC(NCc4ccccc4)(C(O)C(F)F)C3)o2)cc1F. The first-order chi connectivity index (χ1) is 17.3. The highest BCUT2D eigenvalue weighted by atomic mass is 19.3. The van der Waals surface area contributed by atoms with Crippen LogP contribution in [0.4, 0.5) is 23.4 Å². The van der Waals surface area contributed by atoms with Gasteiger partial charge in [-0.05, 0) is 24.5 Å². The Kier molecular flexibility index (Phi) is 7.82. The highest BCUT2D eigenvalue weighted by Crippen LogP contribution is 2.37. The number of oxazole rings is 1. The molecular weight excluding hydrogens is 482 g/mol. The summed E-state index contributed by atoms with van der Waals surface area (Å²) in [4.78, 5) is 5.69. The van der Waals surface area contributed by atoms with Gasteiger partial charge in [0.25, 0.3) is 6.43 Å². The standard InChI is InChI=1S/C25H27F4N3O4/c1-35-20-11-17(26)16(10-18(20)27)23-31-19(13-33)24(36-23)32-9-5-8-25(14-32,21(34)22(28)29)30-12-15-6-3-2-4-7-15/h2-4,6-7,10-11,21-22,30,33-34H,5,8-9,12-14H2,1H3. The summed E-state index contributed by atoms with van der Waals surface area (Å²) in [5, 5.41) is 23.5. The number of rotatable bonds is 9. The monoisotopic (exact) mass is 509 g/mol. The van der Waals surface area contributed by atoms with E-state index in [0.29, 0.717) is 13.0 Å². The Morgan fingerprint density at radius 1 is 1.19 bits per heavy atom. The largest absolute Gasteiger partial charge is 0.494 e. The quantitative estimate of drug-likeness (QED) is 0.377. The number of halogens is 4. The minimum Gasteiger partial charge on any atom is -0.494 e. The second kappa shape index (κ2) is 10.9. The number of anilines is 1. The maximum Gasteiger partial charge on any atom is 0.265 e. The summed E-state index contributed by atoms with van der Waals surface area (Å²) in [5.41, 5.74) is -0.803. The fourth-order valence-corrected chi connectivity index (χ4v) is 4.52. The first kappa shape index (κ1) is 25.9. The van der Waals surface area contributed by atoms with Gasteiger partial charge in [-0.2, -0.15) is 0 Å². The van der Waals surface area contributed by atoms with Crippen LogP contribution in [-0.4, -0.2) is 53.5 Å². The van der Waals surface area contributed by atoms with Gasteiger partial charge >= 0.3 is 0 Å². The maximum absolute atomic E-state index is 14.6.